The molecular formula is C9H13ClN2O4S2. The first-order valence-electron chi connectivity index (χ1n) is 4.94. The summed E-state index contributed by atoms with van der Waals surface area (Å²) in [4.78, 5) is -0.264. The third-order valence-corrected chi connectivity index (χ3v) is 4.60. The van der Waals surface area contributed by atoms with Crippen molar-refractivity contribution in [3.8, 4) is 0 Å². The summed E-state index contributed by atoms with van der Waals surface area (Å²) in [5.41, 5.74) is -0.0606. The third kappa shape index (κ3) is 4.45. The van der Waals surface area contributed by atoms with Crippen LogP contribution in [-0.2, 0) is 20.0 Å². The van der Waals surface area contributed by atoms with Crippen molar-refractivity contribution in [3.05, 3.63) is 24.3 Å². The van der Waals surface area contributed by atoms with Crippen LogP contribution in [0.2, 0.25) is 0 Å². The molecule has 0 spiro atoms. The van der Waals surface area contributed by atoms with Gasteiger partial charge in [-0.15, -0.1) is 11.6 Å². The molecule has 0 radical (unpaired) electrons. The summed E-state index contributed by atoms with van der Waals surface area (Å²) >= 11 is 5.41. The lowest BCUT2D eigenvalue weighted by Gasteiger charge is -2.10. The van der Waals surface area contributed by atoms with Crippen LogP contribution in [0.15, 0.2) is 29.2 Å². The number of para-hydroxylation sites is 1. The zero-order chi connectivity index (χ0) is 13.8. The van der Waals surface area contributed by atoms with Gasteiger partial charge in [-0.25, -0.2) is 22.0 Å². The van der Waals surface area contributed by atoms with E-state index in [1.165, 1.54) is 24.3 Å². The van der Waals surface area contributed by atoms with E-state index in [0.717, 1.165) is 0 Å². The first kappa shape index (κ1) is 15.2. The van der Waals surface area contributed by atoms with Gasteiger partial charge in [0.2, 0.25) is 20.0 Å². The van der Waals surface area contributed by atoms with E-state index in [2.05, 4.69) is 4.72 Å². The molecule has 0 heterocycles. The molecular weight excluding hydrogens is 300 g/mol. The lowest BCUT2D eigenvalue weighted by Crippen LogP contribution is -2.20. The average molecular weight is 313 g/mol. The van der Waals surface area contributed by atoms with E-state index in [9.17, 15) is 16.8 Å². The summed E-state index contributed by atoms with van der Waals surface area (Å²) in [5.74, 6) is 0.0210. The lowest BCUT2D eigenvalue weighted by atomic mass is 10.3. The maximum Gasteiger partial charge on any atom is 0.240 e. The Bertz CT molecular complexity index is 613. The van der Waals surface area contributed by atoms with E-state index in [0.29, 0.717) is 0 Å². The number of hydrogen-bond donors (Lipinski definition) is 2. The highest BCUT2D eigenvalue weighted by atomic mass is 35.5. The van der Waals surface area contributed by atoms with E-state index >= 15 is 0 Å². The molecule has 0 fully saturated rings. The minimum Gasteiger partial charge on any atom is -0.282 e. The molecule has 0 unspecified atom stereocenters. The summed E-state index contributed by atoms with van der Waals surface area (Å²) < 4.78 is 48.0. The van der Waals surface area contributed by atoms with Crippen LogP contribution in [0.1, 0.15) is 6.42 Å². The van der Waals surface area contributed by atoms with Gasteiger partial charge < -0.3 is 0 Å². The van der Waals surface area contributed by atoms with Crippen LogP contribution >= 0.6 is 11.6 Å². The number of alkyl halides is 1. The van der Waals surface area contributed by atoms with Crippen LogP contribution in [0.5, 0.6) is 0 Å². The van der Waals surface area contributed by atoms with Crippen LogP contribution in [-0.4, -0.2) is 28.5 Å². The lowest BCUT2D eigenvalue weighted by molar-refractivity contribution is 0.598. The van der Waals surface area contributed by atoms with Gasteiger partial charge in [0.25, 0.3) is 0 Å². The monoisotopic (exact) mass is 312 g/mol. The Morgan fingerprint density at radius 3 is 2.33 bits per heavy atom. The Morgan fingerprint density at radius 2 is 1.78 bits per heavy atom. The molecule has 3 N–H and O–H groups in total. The van der Waals surface area contributed by atoms with Crippen LogP contribution < -0.4 is 9.86 Å². The molecule has 6 nitrogen and oxygen atoms in total. The van der Waals surface area contributed by atoms with Crippen molar-refractivity contribution >= 4 is 37.3 Å². The van der Waals surface area contributed by atoms with Gasteiger partial charge in [0, 0.05) is 5.88 Å². The molecule has 102 valence electrons. The molecule has 18 heavy (non-hydrogen) atoms. The maximum absolute atomic E-state index is 11.6. The standard InChI is InChI=1S/C9H13ClN2O4S2/c10-6-3-7-17(13,14)12-8-4-1-2-5-9(8)18(11,15)16/h1-2,4-5,12H,3,6-7H2,(H2,11,15,16). The van der Waals surface area contributed by atoms with E-state index in [1.807, 2.05) is 0 Å². The summed E-state index contributed by atoms with van der Waals surface area (Å²) in [6.07, 6.45) is 0.272. The normalized spacial score (nSPS) is 12.3. The number of primary sulfonamides is 1. The SMILES string of the molecule is NS(=O)(=O)c1ccccc1NS(=O)(=O)CCCCl. The fraction of sp³-hybridized carbons (Fsp3) is 0.333. The molecule has 1 aromatic rings. The second-order valence-corrected chi connectivity index (χ2v) is 7.25. The van der Waals surface area contributed by atoms with Crippen molar-refractivity contribution in [2.45, 2.75) is 11.3 Å². The van der Waals surface area contributed by atoms with Gasteiger partial charge in [-0.1, -0.05) is 12.1 Å². The van der Waals surface area contributed by atoms with Crippen molar-refractivity contribution in [1.82, 2.24) is 0 Å². The van der Waals surface area contributed by atoms with Gasteiger partial charge in [-0.2, -0.15) is 0 Å². The predicted molar refractivity (Wildman–Crippen MR) is 70.6 cm³/mol. The van der Waals surface area contributed by atoms with Gasteiger partial charge in [0.15, 0.2) is 0 Å². The van der Waals surface area contributed by atoms with Gasteiger partial charge in [0.1, 0.15) is 4.90 Å². The molecule has 1 rings (SSSR count). The fourth-order valence-electron chi connectivity index (χ4n) is 1.26. The van der Waals surface area contributed by atoms with Gasteiger partial charge in [0.05, 0.1) is 11.4 Å². The number of nitrogens with one attached hydrogen (secondary N) is 1. The number of sulfonamides is 2. The van der Waals surface area contributed by atoms with Crippen LogP contribution in [0.25, 0.3) is 0 Å². The largest absolute Gasteiger partial charge is 0.282 e. The van der Waals surface area contributed by atoms with Crippen LogP contribution in [0, 0.1) is 0 Å². The molecule has 0 aliphatic heterocycles. The Balaban J connectivity index is 3.06. The Hall–Kier alpha value is -0.830. The van der Waals surface area contributed by atoms with Gasteiger partial charge >= 0.3 is 0 Å². The Labute approximate surface area is 111 Å². The summed E-state index contributed by atoms with van der Waals surface area (Å²) in [7, 11) is -7.61. The summed E-state index contributed by atoms with van der Waals surface area (Å²) in [5, 5.41) is 4.99. The first-order chi connectivity index (χ1) is 8.26. The number of rotatable bonds is 6. The Morgan fingerprint density at radius 1 is 1.17 bits per heavy atom. The second-order valence-electron chi connectivity index (χ2n) is 3.50. The van der Waals surface area contributed by atoms with E-state index in [1.54, 1.807) is 0 Å². The molecule has 0 aromatic heterocycles. The Kier molecular flexibility index (Phi) is 4.97. The highest BCUT2D eigenvalue weighted by molar-refractivity contribution is 7.93. The third-order valence-electron chi connectivity index (χ3n) is 2.01. The quantitative estimate of drug-likeness (QED) is 0.754. The van der Waals surface area contributed by atoms with E-state index in [-0.39, 0.29) is 28.6 Å². The minimum absolute atomic E-state index is 0.0606. The number of benzene rings is 1. The average Bonchev–Trinajstić information content (AvgIpc) is 2.25. The van der Waals surface area contributed by atoms with Crippen LogP contribution in [0.4, 0.5) is 5.69 Å². The fourth-order valence-corrected chi connectivity index (χ4v) is 3.45. The van der Waals surface area contributed by atoms with E-state index < -0.39 is 20.0 Å². The number of nitrogens with two attached hydrogens (primary N) is 1. The topological polar surface area (TPSA) is 106 Å². The predicted octanol–water partition coefficient (Wildman–Crippen LogP) is 0.705. The molecule has 0 saturated carbocycles. The van der Waals surface area contributed by atoms with Crippen molar-refractivity contribution in [2.75, 3.05) is 16.4 Å². The molecule has 0 aliphatic rings. The molecule has 1 aromatic carbocycles. The number of anilines is 1. The highest BCUT2D eigenvalue weighted by Gasteiger charge is 2.17. The number of hydrogen-bond acceptors (Lipinski definition) is 4. The second kappa shape index (κ2) is 5.87. The first-order valence-corrected chi connectivity index (χ1v) is 8.68. The van der Waals surface area contributed by atoms with Crippen molar-refractivity contribution in [2.24, 2.45) is 5.14 Å². The molecule has 0 atom stereocenters. The zero-order valence-electron chi connectivity index (χ0n) is 9.34. The molecule has 0 amide bonds. The van der Waals surface area contributed by atoms with Gasteiger partial charge in [-0.05, 0) is 18.6 Å². The summed E-state index contributed by atoms with van der Waals surface area (Å²) in [6, 6.07) is 5.52. The minimum atomic E-state index is -3.98. The molecule has 0 bridgehead atoms. The van der Waals surface area contributed by atoms with Gasteiger partial charge in [-0.3, -0.25) is 4.72 Å². The summed E-state index contributed by atoms with van der Waals surface area (Å²) in [6.45, 7) is 0. The highest BCUT2D eigenvalue weighted by Crippen LogP contribution is 2.20. The molecule has 0 aliphatic carbocycles. The van der Waals surface area contributed by atoms with Crippen LogP contribution in [0.3, 0.4) is 0 Å². The smallest absolute Gasteiger partial charge is 0.240 e. The number of halogens is 1. The van der Waals surface area contributed by atoms with E-state index in [4.69, 9.17) is 16.7 Å². The molecule has 0 saturated heterocycles. The van der Waals surface area contributed by atoms with Crippen molar-refractivity contribution in [3.63, 3.8) is 0 Å². The van der Waals surface area contributed by atoms with Crippen molar-refractivity contribution < 1.29 is 16.8 Å². The zero-order valence-corrected chi connectivity index (χ0v) is 11.7. The van der Waals surface area contributed by atoms with Crippen molar-refractivity contribution in [1.29, 1.82) is 0 Å². The maximum atomic E-state index is 11.6. The molecule has 9 heteroatoms.